The van der Waals surface area contributed by atoms with E-state index >= 15 is 0 Å². The standard InChI is InChI=1S/C16H25FN2O/c1-13(18-2)15-7-6-14(17)12-16(15)20-11-5-10-19-8-3-4-9-19/h6-7,12-13,18H,3-5,8-11H2,1-2H3. The molecule has 0 aliphatic carbocycles. The Morgan fingerprint density at radius 3 is 2.80 bits per heavy atom. The molecule has 1 saturated heterocycles. The predicted molar refractivity (Wildman–Crippen MR) is 79.7 cm³/mol. The lowest BCUT2D eigenvalue weighted by molar-refractivity contribution is 0.260. The van der Waals surface area contributed by atoms with Crippen molar-refractivity contribution in [3.05, 3.63) is 29.6 Å². The lowest BCUT2D eigenvalue weighted by Crippen LogP contribution is -2.22. The minimum atomic E-state index is -0.244. The third-order valence-electron chi connectivity index (χ3n) is 3.95. The van der Waals surface area contributed by atoms with Gasteiger partial charge < -0.3 is 15.0 Å². The van der Waals surface area contributed by atoms with Crippen molar-refractivity contribution in [3.8, 4) is 5.75 Å². The maximum absolute atomic E-state index is 13.4. The summed E-state index contributed by atoms with van der Waals surface area (Å²) in [6.45, 7) is 6.18. The third-order valence-corrected chi connectivity index (χ3v) is 3.95. The monoisotopic (exact) mass is 280 g/mol. The Kier molecular flexibility index (Phi) is 5.80. The summed E-state index contributed by atoms with van der Waals surface area (Å²) >= 11 is 0. The molecule has 4 heteroatoms. The summed E-state index contributed by atoms with van der Waals surface area (Å²) in [6.07, 6.45) is 3.62. The molecule has 0 bridgehead atoms. The highest BCUT2D eigenvalue weighted by Crippen LogP contribution is 2.26. The Morgan fingerprint density at radius 2 is 2.10 bits per heavy atom. The molecule has 1 fully saturated rings. The van der Waals surface area contributed by atoms with E-state index in [-0.39, 0.29) is 11.9 Å². The van der Waals surface area contributed by atoms with Gasteiger partial charge in [0.15, 0.2) is 0 Å². The van der Waals surface area contributed by atoms with Crippen LogP contribution in [0.4, 0.5) is 4.39 Å². The van der Waals surface area contributed by atoms with Crippen LogP contribution in [-0.4, -0.2) is 38.2 Å². The van der Waals surface area contributed by atoms with Crippen molar-refractivity contribution in [3.63, 3.8) is 0 Å². The highest BCUT2D eigenvalue weighted by Gasteiger charge is 2.13. The maximum Gasteiger partial charge on any atom is 0.126 e. The molecular formula is C16H25FN2O. The number of rotatable bonds is 7. The van der Waals surface area contributed by atoms with Crippen LogP contribution in [-0.2, 0) is 0 Å². The Balaban J connectivity index is 1.85. The van der Waals surface area contributed by atoms with Crippen molar-refractivity contribution in [2.45, 2.75) is 32.2 Å². The van der Waals surface area contributed by atoms with Gasteiger partial charge in [-0.25, -0.2) is 4.39 Å². The molecular weight excluding hydrogens is 255 g/mol. The number of hydrogen-bond acceptors (Lipinski definition) is 3. The first-order chi connectivity index (χ1) is 9.70. The fourth-order valence-electron chi connectivity index (χ4n) is 2.62. The van der Waals surface area contributed by atoms with Gasteiger partial charge in [0.25, 0.3) is 0 Å². The fourth-order valence-corrected chi connectivity index (χ4v) is 2.62. The summed E-state index contributed by atoms with van der Waals surface area (Å²) in [5.41, 5.74) is 1.01. The molecule has 1 aliphatic heterocycles. The van der Waals surface area contributed by atoms with Crippen LogP contribution in [0.2, 0.25) is 0 Å². The average molecular weight is 280 g/mol. The molecule has 1 aliphatic rings. The van der Waals surface area contributed by atoms with Gasteiger partial charge in [0.05, 0.1) is 6.61 Å². The normalized spacial score (nSPS) is 17.4. The van der Waals surface area contributed by atoms with Gasteiger partial charge in [-0.1, -0.05) is 6.07 Å². The maximum atomic E-state index is 13.4. The molecule has 0 aromatic heterocycles. The molecule has 0 amide bonds. The van der Waals surface area contributed by atoms with Crippen LogP contribution < -0.4 is 10.1 Å². The molecule has 0 saturated carbocycles. The van der Waals surface area contributed by atoms with Gasteiger partial charge in [0.1, 0.15) is 11.6 Å². The number of nitrogens with one attached hydrogen (secondary N) is 1. The van der Waals surface area contributed by atoms with Crippen LogP contribution in [0.25, 0.3) is 0 Å². The third kappa shape index (κ3) is 4.18. The fraction of sp³-hybridized carbons (Fsp3) is 0.625. The first-order valence-corrected chi connectivity index (χ1v) is 7.52. The van der Waals surface area contributed by atoms with E-state index in [1.54, 1.807) is 6.07 Å². The second-order valence-corrected chi connectivity index (χ2v) is 5.44. The number of ether oxygens (including phenoxy) is 1. The van der Waals surface area contributed by atoms with Gasteiger partial charge in [-0.3, -0.25) is 0 Å². The molecule has 3 nitrogen and oxygen atoms in total. The molecule has 1 unspecified atom stereocenters. The van der Waals surface area contributed by atoms with E-state index in [2.05, 4.69) is 10.2 Å². The van der Waals surface area contributed by atoms with Crippen LogP contribution in [0.1, 0.15) is 37.8 Å². The number of nitrogens with zero attached hydrogens (tertiary/aromatic N) is 1. The average Bonchev–Trinajstić information content (AvgIpc) is 2.96. The SMILES string of the molecule is CNC(C)c1ccc(F)cc1OCCCN1CCCC1. The van der Waals surface area contributed by atoms with E-state index in [4.69, 9.17) is 4.74 Å². The Hall–Kier alpha value is -1.13. The Morgan fingerprint density at radius 1 is 1.35 bits per heavy atom. The smallest absolute Gasteiger partial charge is 0.126 e. The first-order valence-electron chi connectivity index (χ1n) is 7.52. The Bertz CT molecular complexity index is 419. The lowest BCUT2D eigenvalue weighted by atomic mass is 10.1. The number of hydrogen-bond donors (Lipinski definition) is 1. The summed E-state index contributed by atoms with van der Waals surface area (Å²) < 4.78 is 19.2. The van der Waals surface area contributed by atoms with Crippen LogP contribution in [0, 0.1) is 5.82 Å². The van der Waals surface area contributed by atoms with Gasteiger partial charge in [-0.2, -0.15) is 0 Å². The van der Waals surface area contributed by atoms with E-state index < -0.39 is 0 Å². The molecule has 1 aromatic rings. The number of halogens is 1. The zero-order chi connectivity index (χ0) is 14.4. The van der Waals surface area contributed by atoms with E-state index in [9.17, 15) is 4.39 Å². The summed E-state index contributed by atoms with van der Waals surface area (Å²) in [5, 5.41) is 3.17. The molecule has 20 heavy (non-hydrogen) atoms. The van der Waals surface area contributed by atoms with Gasteiger partial charge in [-0.15, -0.1) is 0 Å². The van der Waals surface area contributed by atoms with Crippen LogP contribution in [0.15, 0.2) is 18.2 Å². The van der Waals surface area contributed by atoms with Crippen molar-refractivity contribution in [2.24, 2.45) is 0 Å². The van der Waals surface area contributed by atoms with E-state index in [1.165, 1.54) is 38.1 Å². The molecule has 1 heterocycles. The second-order valence-electron chi connectivity index (χ2n) is 5.44. The van der Waals surface area contributed by atoms with E-state index in [1.807, 2.05) is 14.0 Å². The molecule has 1 N–H and O–H groups in total. The lowest BCUT2D eigenvalue weighted by Gasteiger charge is -2.18. The zero-order valence-electron chi connectivity index (χ0n) is 12.5. The predicted octanol–water partition coefficient (Wildman–Crippen LogP) is 2.97. The van der Waals surface area contributed by atoms with Gasteiger partial charge >= 0.3 is 0 Å². The van der Waals surface area contributed by atoms with Gasteiger partial charge in [0.2, 0.25) is 0 Å². The van der Waals surface area contributed by atoms with Crippen molar-refractivity contribution < 1.29 is 9.13 Å². The summed E-state index contributed by atoms with van der Waals surface area (Å²) in [7, 11) is 1.89. The molecule has 0 spiro atoms. The largest absolute Gasteiger partial charge is 0.493 e. The molecule has 112 valence electrons. The van der Waals surface area contributed by atoms with Crippen molar-refractivity contribution >= 4 is 0 Å². The van der Waals surface area contributed by atoms with Gasteiger partial charge in [0, 0.05) is 24.2 Å². The number of likely N-dealkylation sites (tertiary alicyclic amines) is 1. The van der Waals surface area contributed by atoms with Crippen LogP contribution >= 0.6 is 0 Å². The van der Waals surface area contributed by atoms with Crippen molar-refractivity contribution in [2.75, 3.05) is 33.3 Å². The summed E-state index contributed by atoms with van der Waals surface area (Å²) in [6, 6.07) is 4.93. The molecule has 1 atom stereocenters. The second kappa shape index (κ2) is 7.60. The Labute approximate surface area is 121 Å². The summed E-state index contributed by atoms with van der Waals surface area (Å²) in [5.74, 6) is 0.417. The van der Waals surface area contributed by atoms with Crippen molar-refractivity contribution in [1.82, 2.24) is 10.2 Å². The van der Waals surface area contributed by atoms with Crippen LogP contribution in [0.5, 0.6) is 5.75 Å². The quantitative estimate of drug-likeness (QED) is 0.777. The van der Waals surface area contributed by atoms with E-state index in [0.29, 0.717) is 12.4 Å². The topological polar surface area (TPSA) is 24.5 Å². The molecule has 2 rings (SSSR count). The number of benzene rings is 1. The minimum Gasteiger partial charge on any atom is -0.493 e. The highest BCUT2D eigenvalue weighted by molar-refractivity contribution is 5.36. The van der Waals surface area contributed by atoms with Crippen molar-refractivity contribution in [1.29, 1.82) is 0 Å². The highest BCUT2D eigenvalue weighted by atomic mass is 19.1. The molecule has 0 radical (unpaired) electrons. The molecule has 1 aromatic carbocycles. The first kappa shape index (κ1) is 15.3. The van der Waals surface area contributed by atoms with Crippen LogP contribution in [0.3, 0.4) is 0 Å². The summed E-state index contributed by atoms with van der Waals surface area (Å²) in [4.78, 5) is 2.46. The van der Waals surface area contributed by atoms with Gasteiger partial charge in [-0.05, 0) is 52.4 Å². The van der Waals surface area contributed by atoms with E-state index in [0.717, 1.165) is 18.5 Å². The minimum absolute atomic E-state index is 0.157. The zero-order valence-corrected chi connectivity index (χ0v) is 12.5.